The maximum atomic E-state index is 13.0. The van der Waals surface area contributed by atoms with Gasteiger partial charge in [-0.15, -0.1) is 11.3 Å². The first-order valence-corrected chi connectivity index (χ1v) is 10.6. The monoisotopic (exact) mass is 458 g/mol. The van der Waals surface area contributed by atoms with Gasteiger partial charge >= 0.3 is 5.91 Å². The van der Waals surface area contributed by atoms with Crippen molar-refractivity contribution in [2.24, 2.45) is 0 Å². The van der Waals surface area contributed by atoms with Gasteiger partial charge in [-0.05, 0) is 31.5 Å². The van der Waals surface area contributed by atoms with Gasteiger partial charge in [0.05, 0.1) is 27.4 Å². The van der Waals surface area contributed by atoms with E-state index >= 15 is 0 Å². The molecule has 1 atom stereocenters. The Morgan fingerprint density at radius 2 is 1.77 bits per heavy atom. The highest BCUT2D eigenvalue weighted by molar-refractivity contribution is 7.16. The van der Waals surface area contributed by atoms with Gasteiger partial charge in [0, 0.05) is 10.4 Å². The first-order valence-electron chi connectivity index (χ1n) is 9.05. The number of anilines is 1. The third kappa shape index (κ3) is 3.41. The van der Waals surface area contributed by atoms with Crippen LogP contribution in [0.4, 0.5) is 5.13 Å². The summed E-state index contributed by atoms with van der Waals surface area (Å²) < 4.78 is 0. The van der Waals surface area contributed by atoms with Crippen molar-refractivity contribution in [1.82, 2.24) is 4.98 Å². The Hall–Kier alpha value is -2.67. The van der Waals surface area contributed by atoms with Crippen LogP contribution in [0.2, 0.25) is 10.0 Å². The molecule has 0 saturated carbocycles. The van der Waals surface area contributed by atoms with Crippen molar-refractivity contribution in [2.75, 3.05) is 4.90 Å². The smallest absolute Gasteiger partial charge is 0.301 e. The van der Waals surface area contributed by atoms with E-state index in [0.717, 1.165) is 10.6 Å². The molecule has 0 unspecified atom stereocenters. The number of carbonyl (C=O) groups excluding carboxylic acids is 2. The molecule has 1 aromatic heterocycles. The number of aromatic nitrogens is 1. The molecule has 152 valence electrons. The molecule has 1 amide bonds. The molecule has 30 heavy (non-hydrogen) atoms. The average Bonchev–Trinajstić information content (AvgIpc) is 3.20. The van der Waals surface area contributed by atoms with Crippen LogP contribution in [0.1, 0.15) is 27.7 Å². The van der Waals surface area contributed by atoms with Gasteiger partial charge in [0.2, 0.25) is 0 Å². The number of Topliss-reactive ketones (excluding diaryl/α,β-unsaturated/α-hetero) is 1. The summed E-state index contributed by atoms with van der Waals surface area (Å²) in [5, 5.41) is 12.0. The third-order valence-electron chi connectivity index (χ3n) is 4.97. The van der Waals surface area contributed by atoms with E-state index in [1.807, 2.05) is 13.8 Å². The Labute approximate surface area is 187 Å². The molecular weight excluding hydrogens is 443 g/mol. The van der Waals surface area contributed by atoms with Crippen molar-refractivity contribution in [1.29, 1.82) is 0 Å². The topological polar surface area (TPSA) is 70.5 Å². The lowest BCUT2D eigenvalue weighted by Gasteiger charge is -2.23. The number of rotatable bonds is 3. The molecule has 0 spiro atoms. The highest BCUT2D eigenvalue weighted by Gasteiger charge is 2.48. The zero-order valence-electron chi connectivity index (χ0n) is 16.0. The molecule has 2 aromatic carbocycles. The third-order valence-corrected chi connectivity index (χ3v) is 6.79. The van der Waals surface area contributed by atoms with Crippen molar-refractivity contribution in [2.45, 2.75) is 19.9 Å². The van der Waals surface area contributed by atoms with Crippen LogP contribution in [0.3, 0.4) is 0 Å². The summed E-state index contributed by atoms with van der Waals surface area (Å²) >= 11 is 13.6. The number of benzene rings is 2. The van der Waals surface area contributed by atoms with Crippen molar-refractivity contribution in [3.05, 3.63) is 85.8 Å². The summed E-state index contributed by atoms with van der Waals surface area (Å²) in [6.45, 7) is 3.73. The summed E-state index contributed by atoms with van der Waals surface area (Å²) in [4.78, 5) is 32.8. The quantitative estimate of drug-likeness (QED) is 0.310. The number of carbonyl (C=O) groups is 2. The second-order valence-electron chi connectivity index (χ2n) is 6.85. The van der Waals surface area contributed by atoms with Gasteiger partial charge in [0.25, 0.3) is 5.78 Å². The number of hydrogen-bond acceptors (Lipinski definition) is 5. The second kappa shape index (κ2) is 7.87. The van der Waals surface area contributed by atoms with Crippen molar-refractivity contribution >= 4 is 57.1 Å². The number of nitrogens with zero attached hydrogens (tertiary/aromatic N) is 2. The maximum absolute atomic E-state index is 13.0. The Morgan fingerprint density at radius 1 is 1.07 bits per heavy atom. The molecule has 1 N–H and O–H groups in total. The number of thiazole rings is 1. The zero-order chi connectivity index (χ0) is 21.6. The van der Waals surface area contributed by atoms with Crippen molar-refractivity contribution < 1.29 is 14.7 Å². The molecule has 0 radical (unpaired) electrons. The fraction of sp³-hybridized carbons (Fsp3) is 0.136. The molecule has 4 rings (SSSR count). The minimum absolute atomic E-state index is 0.0184. The Kier molecular flexibility index (Phi) is 5.40. The fourth-order valence-electron chi connectivity index (χ4n) is 3.34. The van der Waals surface area contributed by atoms with Crippen molar-refractivity contribution in [3.8, 4) is 0 Å². The first kappa shape index (κ1) is 20.6. The molecule has 1 aliphatic rings. The number of aliphatic hydroxyl groups is 1. The van der Waals surface area contributed by atoms with Gasteiger partial charge in [0.15, 0.2) is 5.13 Å². The fourth-order valence-corrected chi connectivity index (χ4v) is 4.58. The molecule has 1 saturated heterocycles. The molecule has 5 nitrogen and oxygen atoms in total. The normalized spacial score (nSPS) is 18.3. The maximum Gasteiger partial charge on any atom is 0.301 e. The number of hydrogen-bond donors (Lipinski definition) is 1. The van der Waals surface area contributed by atoms with Crippen molar-refractivity contribution in [3.63, 3.8) is 0 Å². The molecule has 0 bridgehead atoms. The largest absolute Gasteiger partial charge is 0.507 e. The van der Waals surface area contributed by atoms with E-state index in [1.54, 1.807) is 48.5 Å². The minimum Gasteiger partial charge on any atom is -0.507 e. The van der Waals surface area contributed by atoms with E-state index in [2.05, 4.69) is 4.98 Å². The molecular formula is C22H16Cl2N2O3S. The highest BCUT2D eigenvalue weighted by Crippen LogP contribution is 2.44. The van der Waals surface area contributed by atoms with Gasteiger partial charge < -0.3 is 5.11 Å². The lowest BCUT2D eigenvalue weighted by molar-refractivity contribution is -0.132. The van der Waals surface area contributed by atoms with E-state index in [-0.39, 0.29) is 16.4 Å². The zero-order valence-corrected chi connectivity index (χ0v) is 18.3. The van der Waals surface area contributed by atoms with Gasteiger partial charge in [-0.1, -0.05) is 59.6 Å². The van der Waals surface area contributed by atoms with Crippen LogP contribution in [-0.2, 0) is 9.59 Å². The van der Waals surface area contributed by atoms with E-state index < -0.39 is 17.7 Å². The number of halogens is 2. The van der Waals surface area contributed by atoms with E-state index in [0.29, 0.717) is 21.3 Å². The SMILES string of the molecule is Cc1nc(N2C(=O)C(=O)/C(=C(/O)c3ccccc3)[C@@H]2c2ccc(Cl)c(Cl)c2)sc1C. The highest BCUT2D eigenvalue weighted by atomic mass is 35.5. The molecule has 1 fully saturated rings. The van der Waals surface area contributed by atoms with Gasteiger partial charge in [0.1, 0.15) is 5.76 Å². The van der Waals surface area contributed by atoms with Crippen LogP contribution in [0.25, 0.3) is 5.76 Å². The predicted octanol–water partition coefficient (Wildman–Crippen LogP) is 5.69. The van der Waals surface area contributed by atoms with E-state index in [4.69, 9.17) is 23.2 Å². The molecule has 8 heteroatoms. The van der Waals surface area contributed by atoms with Crippen LogP contribution in [-0.4, -0.2) is 21.8 Å². The van der Waals surface area contributed by atoms with Crippen LogP contribution in [0.5, 0.6) is 0 Å². The summed E-state index contributed by atoms with van der Waals surface area (Å²) in [6, 6.07) is 12.6. The van der Waals surface area contributed by atoms with Crippen LogP contribution in [0.15, 0.2) is 54.1 Å². The summed E-state index contributed by atoms with van der Waals surface area (Å²) in [5.41, 5.74) is 1.74. The lowest BCUT2D eigenvalue weighted by atomic mass is 9.95. The Bertz CT molecular complexity index is 1180. The number of ketones is 1. The Morgan fingerprint density at radius 3 is 2.37 bits per heavy atom. The van der Waals surface area contributed by atoms with Gasteiger partial charge in [-0.3, -0.25) is 14.5 Å². The molecule has 1 aliphatic heterocycles. The van der Waals surface area contributed by atoms with Crippen LogP contribution >= 0.6 is 34.5 Å². The lowest BCUT2D eigenvalue weighted by Crippen LogP contribution is -2.29. The van der Waals surface area contributed by atoms with Gasteiger partial charge in [-0.2, -0.15) is 0 Å². The first-order chi connectivity index (χ1) is 14.3. The predicted molar refractivity (Wildman–Crippen MR) is 119 cm³/mol. The Balaban J connectivity index is 1.97. The number of aryl methyl sites for hydroxylation is 2. The molecule has 2 heterocycles. The number of amides is 1. The van der Waals surface area contributed by atoms with E-state index in [1.165, 1.54) is 16.2 Å². The summed E-state index contributed by atoms with van der Waals surface area (Å²) in [6.07, 6.45) is 0. The van der Waals surface area contributed by atoms with Crippen LogP contribution < -0.4 is 4.90 Å². The second-order valence-corrected chi connectivity index (χ2v) is 8.84. The molecule has 0 aliphatic carbocycles. The minimum atomic E-state index is -0.884. The van der Waals surface area contributed by atoms with Crippen LogP contribution in [0, 0.1) is 13.8 Å². The number of aliphatic hydroxyl groups excluding tert-OH is 1. The van der Waals surface area contributed by atoms with E-state index in [9.17, 15) is 14.7 Å². The summed E-state index contributed by atoms with van der Waals surface area (Å²) in [7, 11) is 0. The molecule has 3 aromatic rings. The standard InChI is InChI=1S/C22H16Cl2N2O3S/c1-11-12(2)30-22(25-11)26-18(14-8-9-15(23)16(24)10-14)17(20(28)21(26)29)19(27)13-6-4-3-5-7-13/h3-10,18,27H,1-2H3/b19-17+/t18-/m0/s1. The average molecular weight is 459 g/mol. The summed E-state index contributed by atoms with van der Waals surface area (Å²) in [5.74, 6) is -1.78. The van der Waals surface area contributed by atoms with Gasteiger partial charge in [-0.25, -0.2) is 4.98 Å².